The minimum absolute atomic E-state index is 0.148. The van der Waals surface area contributed by atoms with E-state index in [9.17, 15) is 4.79 Å². The Hall–Kier alpha value is -2.61. The zero-order chi connectivity index (χ0) is 20.3. The summed E-state index contributed by atoms with van der Waals surface area (Å²) in [6.07, 6.45) is 6.59. The third-order valence-electron chi connectivity index (χ3n) is 4.70. The van der Waals surface area contributed by atoms with Crippen LogP contribution in [0.3, 0.4) is 0 Å². The number of aryl methyl sites for hydroxylation is 3. The van der Waals surface area contributed by atoms with Gasteiger partial charge in [-0.1, -0.05) is 36.8 Å². The van der Waals surface area contributed by atoms with Gasteiger partial charge in [-0.15, -0.1) is 10.2 Å². The first-order chi connectivity index (χ1) is 14.2. The van der Waals surface area contributed by atoms with Crippen molar-refractivity contribution in [3.63, 3.8) is 0 Å². The highest BCUT2D eigenvalue weighted by Gasteiger charge is 2.05. The molecule has 154 valence electrons. The normalized spacial score (nSPS) is 10.9. The molecule has 3 rings (SSSR count). The summed E-state index contributed by atoms with van der Waals surface area (Å²) in [5, 5.41) is 11.3. The van der Waals surface area contributed by atoms with Crippen LogP contribution in [-0.2, 0) is 18.6 Å². The molecule has 0 aliphatic rings. The zero-order valence-corrected chi connectivity index (χ0v) is 17.6. The Balaban J connectivity index is 1.32. The van der Waals surface area contributed by atoms with Crippen molar-refractivity contribution in [2.45, 2.75) is 44.8 Å². The second kappa shape index (κ2) is 11.4. The van der Waals surface area contributed by atoms with Crippen LogP contribution in [0.15, 0.2) is 41.5 Å². The molecule has 0 saturated carbocycles. The molecule has 2 heterocycles. The number of thioether (sulfide) groups is 1. The minimum Gasteiger partial charge on any atom is -0.354 e. The number of hydrogen-bond acceptors (Lipinski definition) is 6. The van der Waals surface area contributed by atoms with Crippen molar-refractivity contribution in [1.29, 1.82) is 0 Å². The Labute approximate surface area is 175 Å². The molecule has 0 amide bonds. The van der Waals surface area contributed by atoms with Crippen molar-refractivity contribution < 1.29 is 0 Å². The summed E-state index contributed by atoms with van der Waals surface area (Å²) in [7, 11) is 0. The molecule has 0 bridgehead atoms. The van der Waals surface area contributed by atoms with Crippen molar-refractivity contribution in [3.8, 4) is 0 Å². The van der Waals surface area contributed by atoms with Crippen LogP contribution in [0.5, 0.6) is 0 Å². The number of hydrogen-bond donors (Lipinski definition) is 3. The van der Waals surface area contributed by atoms with Gasteiger partial charge in [-0.05, 0) is 38.2 Å². The highest BCUT2D eigenvalue weighted by Crippen LogP contribution is 2.12. The maximum Gasteiger partial charge on any atom is 0.274 e. The lowest BCUT2D eigenvalue weighted by Crippen LogP contribution is -2.20. The van der Waals surface area contributed by atoms with Crippen LogP contribution in [0.2, 0.25) is 0 Å². The van der Waals surface area contributed by atoms with Crippen LogP contribution in [0.4, 0.5) is 5.95 Å². The van der Waals surface area contributed by atoms with E-state index in [0.29, 0.717) is 24.6 Å². The fourth-order valence-corrected chi connectivity index (χ4v) is 3.86. The predicted octanol–water partition coefficient (Wildman–Crippen LogP) is 3.50. The Morgan fingerprint density at radius 2 is 1.86 bits per heavy atom. The van der Waals surface area contributed by atoms with Crippen LogP contribution in [0.1, 0.15) is 41.9 Å². The number of H-pyrrole nitrogens is 2. The van der Waals surface area contributed by atoms with Gasteiger partial charge >= 0.3 is 0 Å². The van der Waals surface area contributed by atoms with E-state index in [1.807, 2.05) is 13.0 Å². The number of imidazole rings is 1. The Kier molecular flexibility index (Phi) is 8.30. The molecule has 7 nitrogen and oxygen atoms in total. The summed E-state index contributed by atoms with van der Waals surface area (Å²) in [5.74, 6) is 2.18. The molecule has 0 aliphatic heterocycles. The Morgan fingerprint density at radius 3 is 2.62 bits per heavy atom. The summed E-state index contributed by atoms with van der Waals surface area (Å²) in [6.45, 7) is 2.73. The lowest BCUT2D eigenvalue weighted by atomic mass is 10.1. The van der Waals surface area contributed by atoms with Gasteiger partial charge in [0.1, 0.15) is 5.69 Å². The van der Waals surface area contributed by atoms with Crippen molar-refractivity contribution in [1.82, 2.24) is 25.1 Å². The molecule has 0 fully saturated rings. The maximum absolute atomic E-state index is 12.2. The number of nitrogens with zero attached hydrogens (tertiary/aromatic N) is 3. The molecule has 3 aromatic rings. The number of aromatic nitrogens is 5. The quantitative estimate of drug-likeness (QED) is 0.394. The second-order valence-electron chi connectivity index (χ2n) is 6.95. The summed E-state index contributed by atoms with van der Waals surface area (Å²) in [4.78, 5) is 22.3. The highest BCUT2D eigenvalue weighted by molar-refractivity contribution is 7.98. The van der Waals surface area contributed by atoms with Gasteiger partial charge in [0, 0.05) is 23.7 Å². The molecule has 2 aromatic heterocycles. The van der Waals surface area contributed by atoms with Gasteiger partial charge in [-0.3, -0.25) is 9.78 Å². The van der Waals surface area contributed by atoms with Crippen LogP contribution < -0.4 is 10.9 Å². The summed E-state index contributed by atoms with van der Waals surface area (Å²) >= 11 is 1.78. The molecular weight excluding hydrogens is 384 g/mol. The van der Waals surface area contributed by atoms with Crippen molar-refractivity contribution in [2.24, 2.45) is 0 Å². The standard InChI is InChI=1S/C21H28N6OS/c1-16-19(24-15-23-16)14-29-13-12-22-21-25-20(28)18(26-27-21)11-7-3-6-10-17-8-4-2-5-9-17/h2,4-5,8-9,15H,3,6-7,10-14H2,1H3,(H,23,24)(H2,22,25,27,28). The molecule has 0 radical (unpaired) electrons. The number of unbranched alkanes of at least 4 members (excludes halogenated alkanes) is 2. The summed E-state index contributed by atoms with van der Waals surface area (Å²) < 4.78 is 0. The van der Waals surface area contributed by atoms with Crippen LogP contribution in [0, 0.1) is 6.92 Å². The topological polar surface area (TPSA) is 99.3 Å². The molecule has 29 heavy (non-hydrogen) atoms. The summed E-state index contributed by atoms with van der Waals surface area (Å²) in [6, 6.07) is 10.5. The van der Waals surface area contributed by atoms with Gasteiger partial charge < -0.3 is 10.3 Å². The van der Waals surface area contributed by atoms with Gasteiger partial charge in [0.2, 0.25) is 5.95 Å². The van der Waals surface area contributed by atoms with Gasteiger partial charge in [-0.25, -0.2) is 4.98 Å². The number of aromatic amines is 2. The fourth-order valence-electron chi connectivity index (χ4n) is 2.99. The fraction of sp³-hybridized carbons (Fsp3) is 0.429. The maximum atomic E-state index is 12.2. The van der Waals surface area contributed by atoms with Gasteiger partial charge in [-0.2, -0.15) is 11.8 Å². The van der Waals surface area contributed by atoms with Crippen molar-refractivity contribution >= 4 is 17.7 Å². The first kappa shape index (κ1) is 21.1. The molecule has 3 N–H and O–H groups in total. The molecule has 8 heteroatoms. The van der Waals surface area contributed by atoms with E-state index in [0.717, 1.165) is 48.6 Å². The van der Waals surface area contributed by atoms with E-state index < -0.39 is 0 Å². The average molecular weight is 413 g/mol. The molecule has 0 unspecified atom stereocenters. The lowest BCUT2D eigenvalue weighted by Gasteiger charge is -2.05. The molecule has 0 aliphatic carbocycles. The Morgan fingerprint density at radius 1 is 1.03 bits per heavy atom. The van der Waals surface area contributed by atoms with Crippen molar-refractivity contribution in [3.05, 3.63) is 69.7 Å². The van der Waals surface area contributed by atoms with Gasteiger partial charge in [0.25, 0.3) is 5.56 Å². The van der Waals surface area contributed by atoms with Gasteiger partial charge in [0.15, 0.2) is 0 Å². The second-order valence-corrected chi connectivity index (χ2v) is 8.05. The number of rotatable bonds is 12. The molecular formula is C21H28N6OS. The third-order valence-corrected chi connectivity index (χ3v) is 5.67. The Bertz CT molecular complexity index is 924. The molecule has 0 spiro atoms. The summed E-state index contributed by atoms with van der Waals surface area (Å²) in [5.41, 5.74) is 3.91. The first-order valence-electron chi connectivity index (χ1n) is 10.0. The SMILES string of the molecule is Cc1[nH]cnc1CSCCNc1nnc(CCCCCc2ccccc2)c(=O)[nH]1. The zero-order valence-electron chi connectivity index (χ0n) is 16.8. The number of anilines is 1. The van der Waals surface area contributed by atoms with Crippen LogP contribution in [-0.4, -0.2) is 37.4 Å². The molecule has 0 atom stereocenters. The van der Waals surface area contributed by atoms with Crippen LogP contribution in [0.25, 0.3) is 0 Å². The van der Waals surface area contributed by atoms with E-state index in [1.54, 1.807) is 18.1 Å². The number of benzene rings is 1. The first-order valence-corrected chi connectivity index (χ1v) is 11.2. The van der Waals surface area contributed by atoms with Crippen molar-refractivity contribution in [2.75, 3.05) is 17.6 Å². The van der Waals surface area contributed by atoms with E-state index >= 15 is 0 Å². The van der Waals surface area contributed by atoms with E-state index in [4.69, 9.17) is 0 Å². The largest absolute Gasteiger partial charge is 0.354 e. The van der Waals surface area contributed by atoms with Crippen LogP contribution >= 0.6 is 11.8 Å². The van der Waals surface area contributed by atoms with E-state index in [2.05, 4.69) is 54.7 Å². The van der Waals surface area contributed by atoms with E-state index in [1.165, 1.54) is 5.56 Å². The smallest absolute Gasteiger partial charge is 0.274 e. The molecule has 1 aromatic carbocycles. The minimum atomic E-state index is -0.148. The third kappa shape index (κ3) is 7.05. The van der Waals surface area contributed by atoms with E-state index in [-0.39, 0.29) is 5.56 Å². The monoisotopic (exact) mass is 412 g/mol. The predicted molar refractivity (Wildman–Crippen MR) is 118 cm³/mol. The molecule has 0 saturated heterocycles. The highest BCUT2D eigenvalue weighted by atomic mass is 32.2. The average Bonchev–Trinajstić information content (AvgIpc) is 3.14. The van der Waals surface area contributed by atoms with Gasteiger partial charge in [0.05, 0.1) is 12.0 Å². The lowest BCUT2D eigenvalue weighted by molar-refractivity contribution is 0.660. The number of nitrogens with one attached hydrogen (secondary N) is 3.